The van der Waals surface area contributed by atoms with E-state index in [1.54, 1.807) is 12.1 Å². The average Bonchev–Trinajstić information content (AvgIpc) is 2.57. The van der Waals surface area contributed by atoms with Crippen LogP contribution in [0.25, 0.3) is 11.3 Å². The number of nitrogen functional groups attached to an aromatic ring is 1. The van der Waals surface area contributed by atoms with Crippen molar-refractivity contribution in [2.45, 2.75) is 6.18 Å². The zero-order valence-corrected chi connectivity index (χ0v) is 12.2. The summed E-state index contributed by atoms with van der Waals surface area (Å²) in [5.41, 5.74) is 5.90. The molecule has 3 rings (SSSR count). The van der Waals surface area contributed by atoms with Gasteiger partial charge in [0.25, 0.3) is 0 Å². The van der Waals surface area contributed by atoms with Gasteiger partial charge in [0.2, 0.25) is 5.88 Å². The summed E-state index contributed by atoms with van der Waals surface area (Å²) in [7, 11) is 0. The van der Waals surface area contributed by atoms with Crippen molar-refractivity contribution in [3.05, 3.63) is 60.6 Å². The molecule has 5 nitrogen and oxygen atoms in total. The average molecular weight is 332 g/mol. The van der Waals surface area contributed by atoms with Crippen LogP contribution < -0.4 is 10.5 Å². The number of rotatable bonds is 3. The van der Waals surface area contributed by atoms with Gasteiger partial charge in [0.05, 0.1) is 11.3 Å². The second-order valence-corrected chi connectivity index (χ2v) is 4.81. The summed E-state index contributed by atoms with van der Waals surface area (Å²) < 4.78 is 43.3. The Labute approximate surface area is 135 Å². The molecule has 3 aromatic rings. The topological polar surface area (TPSA) is 73.9 Å². The minimum absolute atomic E-state index is 0.201. The minimum atomic E-state index is -4.38. The number of nitrogens with zero attached hydrogens (tertiary/aromatic N) is 3. The van der Waals surface area contributed by atoms with E-state index in [4.69, 9.17) is 10.5 Å². The van der Waals surface area contributed by atoms with Gasteiger partial charge in [0, 0.05) is 17.8 Å². The van der Waals surface area contributed by atoms with Crippen LogP contribution in [0.2, 0.25) is 0 Å². The molecule has 0 radical (unpaired) electrons. The van der Waals surface area contributed by atoms with Crippen LogP contribution in [0.15, 0.2) is 55.0 Å². The normalized spacial score (nSPS) is 11.3. The summed E-state index contributed by atoms with van der Waals surface area (Å²) in [6, 6.07) is 9.47. The number of ether oxygens (including phenoxy) is 1. The summed E-state index contributed by atoms with van der Waals surface area (Å²) in [6.45, 7) is 0. The summed E-state index contributed by atoms with van der Waals surface area (Å²) in [5.74, 6) is 0.737. The van der Waals surface area contributed by atoms with E-state index in [-0.39, 0.29) is 11.7 Å². The number of hydrogen-bond donors (Lipinski definition) is 1. The van der Waals surface area contributed by atoms with Gasteiger partial charge < -0.3 is 10.5 Å². The molecule has 8 heteroatoms. The van der Waals surface area contributed by atoms with Gasteiger partial charge in [-0.25, -0.2) is 15.0 Å². The maximum absolute atomic E-state index is 12.6. The fraction of sp³-hybridized carbons (Fsp3) is 0.0625. The Morgan fingerprint density at radius 1 is 0.958 bits per heavy atom. The fourth-order valence-corrected chi connectivity index (χ4v) is 1.98. The van der Waals surface area contributed by atoms with Gasteiger partial charge in [-0.05, 0) is 24.3 Å². The second kappa shape index (κ2) is 6.15. The maximum atomic E-state index is 12.6. The highest BCUT2D eigenvalue weighted by molar-refractivity contribution is 5.60. The molecule has 0 spiro atoms. The molecule has 0 saturated heterocycles. The number of halogens is 3. The van der Waals surface area contributed by atoms with Crippen LogP contribution in [0, 0.1) is 0 Å². The molecular weight excluding hydrogens is 321 g/mol. The van der Waals surface area contributed by atoms with Crippen molar-refractivity contribution in [2.75, 3.05) is 5.73 Å². The van der Waals surface area contributed by atoms with E-state index in [2.05, 4.69) is 15.0 Å². The Morgan fingerprint density at radius 3 is 2.38 bits per heavy atom. The molecule has 1 aromatic carbocycles. The third-order valence-corrected chi connectivity index (χ3v) is 3.16. The highest BCUT2D eigenvalue weighted by Gasteiger charge is 2.30. The molecule has 0 saturated carbocycles. The van der Waals surface area contributed by atoms with Gasteiger partial charge in [-0.1, -0.05) is 12.1 Å². The van der Waals surface area contributed by atoms with E-state index in [0.717, 1.165) is 12.1 Å². The Hall–Kier alpha value is -3.16. The molecule has 122 valence electrons. The van der Waals surface area contributed by atoms with E-state index < -0.39 is 11.7 Å². The zero-order valence-electron chi connectivity index (χ0n) is 12.2. The lowest BCUT2D eigenvalue weighted by molar-refractivity contribution is -0.137. The molecule has 0 bridgehead atoms. The van der Waals surface area contributed by atoms with Crippen LogP contribution in [0.5, 0.6) is 11.6 Å². The number of benzene rings is 1. The summed E-state index contributed by atoms with van der Waals surface area (Å²) in [5, 5.41) is 0. The molecule has 0 fully saturated rings. The number of pyridine rings is 1. The first kappa shape index (κ1) is 15.7. The monoisotopic (exact) mass is 332 g/mol. The van der Waals surface area contributed by atoms with Gasteiger partial charge in [0.1, 0.15) is 6.33 Å². The number of anilines is 1. The predicted octanol–water partition coefficient (Wildman–Crippen LogP) is 3.93. The molecule has 0 unspecified atom stereocenters. The summed E-state index contributed by atoms with van der Waals surface area (Å²) in [4.78, 5) is 11.9. The standard InChI is InChI=1S/C16H11F3N4O/c17-16(18,19)11-5-3-10(4-6-11)12-8-14(23-9-22-12)24-13-2-1-7-21-15(13)20/h1-9H,(H2,20,21). The molecule has 0 atom stereocenters. The van der Waals surface area contributed by atoms with Crippen molar-refractivity contribution in [1.29, 1.82) is 0 Å². The quantitative estimate of drug-likeness (QED) is 0.786. The van der Waals surface area contributed by atoms with Crippen molar-refractivity contribution < 1.29 is 17.9 Å². The Balaban J connectivity index is 1.87. The first-order valence-electron chi connectivity index (χ1n) is 6.81. The number of alkyl halides is 3. The molecule has 0 aliphatic heterocycles. The number of nitrogens with two attached hydrogens (primary N) is 1. The van der Waals surface area contributed by atoms with Crippen molar-refractivity contribution in [3.63, 3.8) is 0 Å². The second-order valence-electron chi connectivity index (χ2n) is 4.81. The van der Waals surface area contributed by atoms with Crippen molar-refractivity contribution in [1.82, 2.24) is 15.0 Å². The van der Waals surface area contributed by atoms with Gasteiger partial charge in [0.15, 0.2) is 11.6 Å². The van der Waals surface area contributed by atoms with Crippen LogP contribution in [0.4, 0.5) is 19.0 Å². The van der Waals surface area contributed by atoms with Gasteiger partial charge in [-0.2, -0.15) is 13.2 Å². The lowest BCUT2D eigenvalue weighted by Gasteiger charge is -2.09. The summed E-state index contributed by atoms with van der Waals surface area (Å²) in [6.07, 6.45) is -1.60. The highest BCUT2D eigenvalue weighted by Crippen LogP contribution is 2.31. The SMILES string of the molecule is Nc1ncccc1Oc1cc(-c2ccc(C(F)(F)F)cc2)ncn1. The zero-order chi connectivity index (χ0) is 17.2. The first-order valence-corrected chi connectivity index (χ1v) is 6.81. The van der Waals surface area contributed by atoms with Crippen LogP contribution in [-0.4, -0.2) is 15.0 Å². The van der Waals surface area contributed by atoms with Crippen LogP contribution in [0.1, 0.15) is 5.56 Å². The lowest BCUT2D eigenvalue weighted by atomic mass is 10.1. The molecule has 24 heavy (non-hydrogen) atoms. The van der Waals surface area contributed by atoms with Gasteiger partial charge >= 0.3 is 6.18 Å². The van der Waals surface area contributed by atoms with Crippen molar-refractivity contribution in [2.24, 2.45) is 0 Å². The third kappa shape index (κ3) is 3.43. The predicted molar refractivity (Wildman–Crippen MR) is 81.2 cm³/mol. The van der Waals surface area contributed by atoms with Gasteiger partial charge in [-0.15, -0.1) is 0 Å². The van der Waals surface area contributed by atoms with Crippen molar-refractivity contribution in [3.8, 4) is 22.9 Å². The lowest BCUT2D eigenvalue weighted by Crippen LogP contribution is -2.04. The Kier molecular flexibility index (Phi) is 4.03. The summed E-state index contributed by atoms with van der Waals surface area (Å²) >= 11 is 0. The fourth-order valence-electron chi connectivity index (χ4n) is 1.98. The van der Waals surface area contributed by atoms with E-state index in [1.807, 2.05) is 0 Å². The largest absolute Gasteiger partial charge is 0.435 e. The Bertz CT molecular complexity index is 850. The van der Waals surface area contributed by atoms with E-state index >= 15 is 0 Å². The molecular formula is C16H11F3N4O. The molecule has 2 N–H and O–H groups in total. The third-order valence-electron chi connectivity index (χ3n) is 3.16. The molecule has 0 aliphatic rings. The van der Waals surface area contributed by atoms with E-state index in [9.17, 15) is 13.2 Å². The molecule has 2 aromatic heterocycles. The van der Waals surface area contributed by atoms with Crippen LogP contribution in [-0.2, 0) is 6.18 Å². The minimum Gasteiger partial charge on any atom is -0.435 e. The molecule has 2 heterocycles. The van der Waals surface area contributed by atoms with Crippen LogP contribution in [0.3, 0.4) is 0 Å². The first-order chi connectivity index (χ1) is 11.4. The number of aromatic nitrogens is 3. The highest BCUT2D eigenvalue weighted by atomic mass is 19.4. The van der Waals surface area contributed by atoms with Crippen molar-refractivity contribution >= 4 is 5.82 Å². The smallest absolute Gasteiger partial charge is 0.416 e. The van der Waals surface area contributed by atoms with Crippen LogP contribution >= 0.6 is 0 Å². The number of hydrogen-bond acceptors (Lipinski definition) is 5. The van der Waals surface area contributed by atoms with E-state index in [0.29, 0.717) is 17.0 Å². The van der Waals surface area contributed by atoms with E-state index in [1.165, 1.54) is 30.7 Å². The maximum Gasteiger partial charge on any atom is 0.416 e. The molecule has 0 aliphatic carbocycles. The molecule has 0 amide bonds. The van der Waals surface area contributed by atoms with Gasteiger partial charge in [-0.3, -0.25) is 0 Å². The Morgan fingerprint density at radius 2 is 1.71 bits per heavy atom.